The van der Waals surface area contributed by atoms with Gasteiger partial charge in [-0.2, -0.15) is 0 Å². The number of carbonyl (C=O) groups is 1. The van der Waals surface area contributed by atoms with Crippen molar-refractivity contribution in [2.24, 2.45) is 0 Å². The highest BCUT2D eigenvalue weighted by atomic mass is 19.2. The van der Waals surface area contributed by atoms with Crippen LogP contribution in [0.5, 0.6) is 0 Å². The monoisotopic (exact) mass is 272 g/mol. The van der Waals surface area contributed by atoms with Crippen LogP contribution >= 0.6 is 0 Å². The molecule has 0 fully saturated rings. The van der Waals surface area contributed by atoms with Gasteiger partial charge in [-0.3, -0.25) is 4.79 Å². The maximum absolute atomic E-state index is 13.1. The summed E-state index contributed by atoms with van der Waals surface area (Å²) in [5.41, 5.74) is 0.518. The Hall–Kier alpha value is -1.53. The van der Waals surface area contributed by atoms with E-state index in [1.807, 2.05) is 0 Å². The van der Waals surface area contributed by atoms with E-state index in [0.717, 1.165) is 12.1 Å². The number of halogens is 2. The number of methoxy groups -OCH3 is 1. The molecule has 1 amide bonds. The zero-order valence-electron chi connectivity index (χ0n) is 11.0. The Morgan fingerprint density at radius 1 is 1.37 bits per heavy atom. The first-order chi connectivity index (χ1) is 9.04. The first kappa shape index (κ1) is 15.5. The van der Waals surface area contributed by atoms with E-state index in [1.54, 1.807) is 14.0 Å². The summed E-state index contributed by atoms with van der Waals surface area (Å²) in [5.74, 6) is -2.03. The first-order valence-electron chi connectivity index (χ1n) is 5.98. The van der Waals surface area contributed by atoms with E-state index in [1.165, 1.54) is 6.07 Å². The lowest BCUT2D eigenvalue weighted by Crippen LogP contribution is -2.36. The summed E-state index contributed by atoms with van der Waals surface area (Å²) in [6, 6.07) is 3.19. The van der Waals surface area contributed by atoms with Crippen molar-refractivity contribution in [3.8, 4) is 0 Å². The molecular formula is C13H18F2N2O2. The van der Waals surface area contributed by atoms with Gasteiger partial charge in [-0.05, 0) is 24.6 Å². The highest BCUT2D eigenvalue weighted by molar-refractivity contribution is 5.78. The molecule has 0 spiro atoms. The van der Waals surface area contributed by atoms with Crippen molar-refractivity contribution in [3.63, 3.8) is 0 Å². The molecule has 0 aliphatic heterocycles. The van der Waals surface area contributed by atoms with Gasteiger partial charge in [0.25, 0.3) is 0 Å². The highest BCUT2D eigenvalue weighted by Crippen LogP contribution is 2.15. The molecule has 1 unspecified atom stereocenters. The Balaban J connectivity index is 2.43. The van der Waals surface area contributed by atoms with Crippen LogP contribution in [0.2, 0.25) is 0 Å². The molecule has 1 atom stereocenters. The predicted molar refractivity (Wildman–Crippen MR) is 67.7 cm³/mol. The van der Waals surface area contributed by atoms with Gasteiger partial charge in [0.1, 0.15) is 0 Å². The summed E-state index contributed by atoms with van der Waals surface area (Å²) < 4.78 is 30.7. The average Bonchev–Trinajstić information content (AvgIpc) is 2.38. The third kappa shape index (κ3) is 5.32. The smallest absolute Gasteiger partial charge is 0.234 e. The lowest BCUT2D eigenvalue weighted by molar-refractivity contribution is -0.120. The summed E-state index contributed by atoms with van der Waals surface area (Å²) >= 11 is 0. The number of benzene rings is 1. The molecule has 19 heavy (non-hydrogen) atoms. The normalized spacial score (nSPS) is 12.2. The minimum absolute atomic E-state index is 0.150. The number of ether oxygens (including phenoxy) is 1. The van der Waals surface area contributed by atoms with Crippen LogP contribution in [0.4, 0.5) is 8.78 Å². The number of nitrogens with one attached hydrogen (secondary N) is 2. The molecule has 106 valence electrons. The summed E-state index contributed by atoms with van der Waals surface area (Å²) in [7, 11) is 1.58. The largest absolute Gasteiger partial charge is 0.383 e. The van der Waals surface area contributed by atoms with Gasteiger partial charge in [-0.25, -0.2) is 8.78 Å². The van der Waals surface area contributed by atoms with E-state index in [2.05, 4.69) is 10.6 Å². The highest BCUT2D eigenvalue weighted by Gasteiger charge is 2.11. The van der Waals surface area contributed by atoms with Crippen LogP contribution in [0.3, 0.4) is 0 Å². The summed E-state index contributed by atoms with van der Waals surface area (Å²) in [6.45, 7) is 2.95. The van der Waals surface area contributed by atoms with Crippen LogP contribution in [-0.4, -0.2) is 32.7 Å². The quantitative estimate of drug-likeness (QED) is 0.737. The van der Waals surface area contributed by atoms with Gasteiger partial charge in [-0.1, -0.05) is 6.07 Å². The zero-order chi connectivity index (χ0) is 14.3. The third-order valence-electron chi connectivity index (χ3n) is 2.59. The van der Waals surface area contributed by atoms with Crippen LogP contribution < -0.4 is 10.6 Å². The second kappa shape index (κ2) is 7.81. The molecule has 1 aromatic carbocycles. The van der Waals surface area contributed by atoms with E-state index in [-0.39, 0.29) is 18.5 Å². The number of hydrogen-bond donors (Lipinski definition) is 2. The topological polar surface area (TPSA) is 50.4 Å². The van der Waals surface area contributed by atoms with E-state index in [0.29, 0.717) is 18.7 Å². The maximum atomic E-state index is 13.1. The standard InChI is InChI=1S/C13H18F2N2O2/c1-9(10-3-4-11(14)12(15)7-10)17-13(18)8-16-5-6-19-2/h3-4,7,9,16H,5-6,8H2,1-2H3,(H,17,18). The molecule has 6 heteroatoms. The molecule has 4 nitrogen and oxygen atoms in total. The first-order valence-corrected chi connectivity index (χ1v) is 5.98. The van der Waals surface area contributed by atoms with Crippen molar-refractivity contribution in [2.75, 3.05) is 26.8 Å². The van der Waals surface area contributed by atoms with E-state index in [9.17, 15) is 13.6 Å². The SMILES string of the molecule is COCCNCC(=O)NC(C)c1ccc(F)c(F)c1. The van der Waals surface area contributed by atoms with Gasteiger partial charge in [0.05, 0.1) is 19.2 Å². The van der Waals surface area contributed by atoms with Gasteiger partial charge in [0, 0.05) is 13.7 Å². The Labute approximate surface area is 111 Å². The minimum Gasteiger partial charge on any atom is -0.383 e. The van der Waals surface area contributed by atoms with E-state index < -0.39 is 11.6 Å². The summed E-state index contributed by atoms with van der Waals surface area (Å²) in [4.78, 5) is 11.6. The molecule has 0 aliphatic rings. The molecule has 1 aromatic rings. The fourth-order valence-electron chi connectivity index (χ4n) is 1.53. The lowest BCUT2D eigenvalue weighted by Gasteiger charge is -2.15. The van der Waals surface area contributed by atoms with E-state index >= 15 is 0 Å². The fraction of sp³-hybridized carbons (Fsp3) is 0.462. The summed E-state index contributed by atoms with van der Waals surface area (Å²) in [6.07, 6.45) is 0. The molecule has 2 N–H and O–H groups in total. The Morgan fingerprint density at radius 3 is 2.74 bits per heavy atom. The van der Waals surface area contributed by atoms with Gasteiger partial charge >= 0.3 is 0 Å². The van der Waals surface area contributed by atoms with Gasteiger partial charge in [-0.15, -0.1) is 0 Å². The number of rotatable bonds is 7. The maximum Gasteiger partial charge on any atom is 0.234 e. The number of amides is 1. The molecule has 0 saturated carbocycles. The molecule has 0 saturated heterocycles. The average molecular weight is 272 g/mol. The molecule has 0 radical (unpaired) electrons. The van der Waals surface area contributed by atoms with Gasteiger partial charge in [0.15, 0.2) is 11.6 Å². The van der Waals surface area contributed by atoms with Crippen molar-refractivity contribution >= 4 is 5.91 Å². The Morgan fingerprint density at radius 2 is 2.11 bits per heavy atom. The van der Waals surface area contributed by atoms with Crippen LogP contribution in [0, 0.1) is 11.6 Å². The molecule has 0 heterocycles. The molecule has 1 rings (SSSR count). The van der Waals surface area contributed by atoms with Crippen LogP contribution in [-0.2, 0) is 9.53 Å². The Kier molecular flexibility index (Phi) is 6.38. The lowest BCUT2D eigenvalue weighted by atomic mass is 10.1. The van der Waals surface area contributed by atoms with Crippen molar-refractivity contribution < 1.29 is 18.3 Å². The second-order valence-corrected chi connectivity index (χ2v) is 4.13. The van der Waals surface area contributed by atoms with Gasteiger partial charge < -0.3 is 15.4 Å². The second-order valence-electron chi connectivity index (χ2n) is 4.13. The fourth-order valence-corrected chi connectivity index (χ4v) is 1.53. The third-order valence-corrected chi connectivity index (χ3v) is 2.59. The van der Waals surface area contributed by atoms with E-state index in [4.69, 9.17) is 4.74 Å². The van der Waals surface area contributed by atoms with Gasteiger partial charge in [0.2, 0.25) is 5.91 Å². The van der Waals surface area contributed by atoms with Crippen molar-refractivity contribution in [1.82, 2.24) is 10.6 Å². The van der Waals surface area contributed by atoms with Crippen molar-refractivity contribution in [2.45, 2.75) is 13.0 Å². The predicted octanol–water partition coefficient (Wildman–Crippen LogP) is 1.38. The van der Waals surface area contributed by atoms with Crippen molar-refractivity contribution in [3.05, 3.63) is 35.4 Å². The number of hydrogen-bond acceptors (Lipinski definition) is 3. The van der Waals surface area contributed by atoms with Crippen LogP contribution in [0.25, 0.3) is 0 Å². The molecule has 0 aromatic heterocycles. The van der Waals surface area contributed by atoms with Crippen LogP contribution in [0.15, 0.2) is 18.2 Å². The zero-order valence-corrected chi connectivity index (χ0v) is 11.0. The minimum atomic E-state index is -0.920. The summed E-state index contributed by atoms with van der Waals surface area (Å²) in [5, 5.41) is 5.58. The number of carbonyl (C=O) groups excluding carboxylic acids is 1. The molecular weight excluding hydrogens is 254 g/mol. The molecule has 0 bridgehead atoms. The van der Waals surface area contributed by atoms with Crippen LogP contribution in [0.1, 0.15) is 18.5 Å². The molecule has 0 aliphatic carbocycles. The Bertz CT molecular complexity index is 427. The van der Waals surface area contributed by atoms with Crippen molar-refractivity contribution in [1.29, 1.82) is 0 Å².